The summed E-state index contributed by atoms with van der Waals surface area (Å²) in [4.78, 5) is 8.54. The Morgan fingerprint density at radius 2 is 2.07 bits per heavy atom. The molecule has 0 saturated carbocycles. The Bertz CT molecular complexity index is 218. The van der Waals surface area contributed by atoms with E-state index in [1.165, 1.54) is 0 Å². The molecule has 1 rings (SSSR count). The second kappa shape index (κ2) is 6.32. The summed E-state index contributed by atoms with van der Waals surface area (Å²) in [5, 5.41) is 6.39. The van der Waals surface area contributed by atoms with Gasteiger partial charge in [0.25, 0.3) is 0 Å². The average molecular weight is 194 g/mol. The fraction of sp³-hybridized carbons (Fsp3) is 0.600. The summed E-state index contributed by atoms with van der Waals surface area (Å²) >= 11 is 0. The van der Waals surface area contributed by atoms with E-state index in [0.717, 1.165) is 37.6 Å². The fourth-order valence-electron chi connectivity index (χ4n) is 1.04. The van der Waals surface area contributed by atoms with E-state index in [1.807, 2.05) is 0 Å². The van der Waals surface area contributed by atoms with Crippen LogP contribution < -0.4 is 10.6 Å². The summed E-state index contributed by atoms with van der Waals surface area (Å²) in [6, 6.07) is 0. The van der Waals surface area contributed by atoms with Gasteiger partial charge in [-0.25, -0.2) is 4.98 Å². The van der Waals surface area contributed by atoms with Crippen LogP contribution in [0.5, 0.6) is 0 Å². The predicted octanol–water partition coefficient (Wildman–Crippen LogP) is 1.41. The lowest BCUT2D eigenvalue weighted by atomic mass is 10.4. The Balaban J connectivity index is 2.42. The van der Waals surface area contributed by atoms with Crippen LogP contribution in [0.3, 0.4) is 0 Å². The minimum Gasteiger partial charge on any atom is -0.369 e. The average Bonchev–Trinajstić information content (AvgIpc) is 2.25. The Hall–Kier alpha value is -1.16. The molecule has 0 fully saturated rings. The van der Waals surface area contributed by atoms with Crippen LogP contribution >= 0.6 is 0 Å². The van der Waals surface area contributed by atoms with Gasteiger partial charge in [0.2, 0.25) is 0 Å². The van der Waals surface area contributed by atoms with Crippen LogP contribution in [-0.2, 0) is 6.54 Å². The van der Waals surface area contributed by atoms with Gasteiger partial charge in [0, 0.05) is 13.1 Å². The normalized spacial score (nSPS) is 10.1. The minimum atomic E-state index is 0.789. The molecule has 0 radical (unpaired) electrons. The van der Waals surface area contributed by atoms with Gasteiger partial charge in [0.05, 0.1) is 18.1 Å². The molecule has 0 aromatic carbocycles. The van der Waals surface area contributed by atoms with E-state index in [4.69, 9.17) is 0 Å². The molecule has 0 spiro atoms. The van der Waals surface area contributed by atoms with Crippen LogP contribution in [0.15, 0.2) is 12.4 Å². The second-order valence-corrected chi connectivity index (χ2v) is 3.10. The highest BCUT2D eigenvalue weighted by atomic mass is 15.0. The summed E-state index contributed by atoms with van der Waals surface area (Å²) in [6.45, 7) is 6.89. The third-order valence-corrected chi connectivity index (χ3v) is 1.82. The van der Waals surface area contributed by atoms with Gasteiger partial charge >= 0.3 is 0 Å². The summed E-state index contributed by atoms with van der Waals surface area (Å²) in [5.41, 5.74) is 0.980. The fourth-order valence-corrected chi connectivity index (χ4v) is 1.04. The SMILES string of the molecule is CCCNc1cnc(CNCC)cn1. The molecule has 1 heterocycles. The van der Waals surface area contributed by atoms with E-state index in [-0.39, 0.29) is 0 Å². The van der Waals surface area contributed by atoms with E-state index < -0.39 is 0 Å². The number of anilines is 1. The van der Waals surface area contributed by atoms with Crippen LogP contribution in [0.4, 0.5) is 5.82 Å². The maximum Gasteiger partial charge on any atom is 0.144 e. The first-order valence-electron chi connectivity index (χ1n) is 5.12. The van der Waals surface area contributed by atoms with Crippen LogP contribution in [0.2, 0.25) is 0 Å². The lowest BCUT2D eigenvalue weighted by Crippen LogP contribution is -2.13. The van der Waals surface area contributed by atoms with Crippen molar-refractivity contribution < 1.29 is 0 Å². The third-order valence-electron chi connectivity index (χ3n) is 1.82. The van der Waals surface area contributed by atoms with E-state index >= 15 is 0 Å². The Kier molecular flexibility index (Phi) is 4.93. The van der Waals surface area contributed by atoms with Crippen molar-refractivity contribution in [3.63, 3.8) is 0 Å². The number of nitrogens with one attached hydrogen (secondary N) is 2. The largest absolute Gasteiger partial charge is 0.369 e. The highest BCUT2D eigenvalue weighted by Crippen LogP contribution is 2.00. The zero-order valence-electron chi connectivity index (χ0n) is 8.88. The van der Waals surface area contributed by atoms with Crippen molar-refractivity contribution in [3.05, 3.63) is 18.1 Å². The van der Waals surface area contributed by atoms with Crippen molar-refractivity contribution in [2.45, 2.75) is 26.8 Å². The van der Waals surface area contributed by atoms with Gasteiger partial charge in [-0.3, -0.25) is 4.98 Å². The molecule has 0 aliphatic heterocycles. The molecule has 4 heteroatoms. The summed E-state index contributed by atoms with van der Waals surface area (Å²) < 4.78 is 0. The first kappa shape index (κ1) is 10.9. The maximum atomic E-state index is 4.28. The van der Waals surface area contributed by atoms with Crippen molar-refractivity contribution in [2.75, 3.05) is 18.4 Å². The molecule has 0 atom stereocenters. The van der Waals surface area contributed by atoms with Crippen molar-refractivity contribution in [2.24, 2.45) is 0 Å². The second-order valence-electron chi connectivity index (χ2n) is 3.10. The standard InChI is InChI=1S/C10H18N4/c1-3-5-12-10-8-13-9(7-14-10)6-11-4-2/h7-8,11H,3-6H2,1-2H3,(H,12,14). The highest BCUT2D eigenvalue weighted by Gasteiger charge is 1.95. The number of nitrogens with zero attached hydrogens (tertiary/aromatic N) is 2. The predicted molar refractivity (Wildman–Crippen MR) is 58.2 cm³/mol. The van der Waals surface area contributed by atoms with Crippen LogP contribution in [0, 0.1) is 0 Å². The van der Waals surface area contributed by atoms with Gasteiger partial charge in [-0.1, -0.05) is 13.8 Å². The van der Waals surface area contributed by atoms with Gasteiger partial charge in [-0.05, 0) is 13.0 Å². The number of rotatable bonds is 6. The molecule has 0 aliphatic carbocycles. The maximum absolute atomic E-state index is 4.28. The molecule has 0 bridgehead atoms. The first-order valence-corrected chi connectivity index (χ1v) is 5.12. The zero-order valence-corrected chi connectivity index (χ0v) is 8.88. The topological polar surface area (TPSA) is 49.8 Å². The van der Waals surface area contributed by atoms with Crippen molar-refractivity contribution in [3.8, 4) is 0 Å². The molecule has 2 N–H and O–H groups in total. The van der Waals surface area contributed by atoms with Crippen LogP contribution in [0.25, 0.3) is 0 Å². The summed E-state index contributed by atoms with van der Waals surface area (Å²) in [6.07, 6.45) is 4.68. The first-order chi connectivity index (χ1) is 6.86. The molecular weight excluding hydrogens is 176 g/mol. The minimum absolute atomic E-state index is 0.789. The molecule has 1 aromatic rings. The monoisotopic (exact) mass is 194 g/mol. The lowest BCUT2D eigenvalue weighted by Gasteiger charge is -2.04. The number of hydrogen-bond donors (Lipinski definition) is 2. The molecular formula is C10H18N4. The molecule has 0 saturated heterocycles. The third kappa shape index (κ3) is 3.70. The zero-order chi connectivity index (χ0) is 10.2. The lowest BCUT2D eigenvalue weighted by molar-refractivity contribution is 0.707. The van der Waals surface area contributed by atoms with Gasteiger partial charge in [-0.2, -0.15) is 0 Å². The van der Waals surface area contributed by atoms with Gasteiger partial charge in [0.15, 0.2) is 0 Å². The quantitative estimate of drug-likeness (QED) is 0.719. The Labute approximate surface area is 85.2 Å². The molecule has 1 aromatic heterocycles. The van der Waals surface area contributed by atoms with Gasteiger partial charge < -0.3 is 10.6 Å². The smallest absolute Gasteiger partial charge is 0.144 e. The van der Waals surface area contributed by atoms with Crippen molar-refractivity contribution >= 4 is 5.82 Å². The van der Waals surface area contributed by atoms with Gasteiger partial charge in [0.1, 0.15) is 5.82 Å². The van der Waals surface area contributed by atoms with E-state index in [1.54, 1.807) is 12.4 Å². The molecule has 0 aliphatic rings. The Morgan fingerprint density at radius 3 is 2.64 bits per heavy atom. The van der Waals surface area contributed by atoms with E-state index in [2.05, 4.69) is 34.4 Å². The van der Waals surface area contributed by atoms with Gasteiger partial charge in [-0.15, -0.1) is 0 Å². The van der Waals surface area contributed by atoms with Crippen molar-refractivity contribution in [1.29, 1.82) is 0 Å². The molecule has 0 unspecified atom stereocenters. The van der Waals surface area contributed by atoms with Crippen LogP contribution in [0.1, 0.15) is 26.0 Å². The van der Waals surface area contributed by atoms with E-state index in [9.17, 15) is 0 Å². The number of hydrogen-bond acceptors (Lipinski definition) is 4. The molecule has 14 heavy (non-hydrogen) atoms. The molecule has 0 amide bonds. The molecule has 4 nitrogen and oxygen atoms in total. The van der Waals surface area contributed by atoms with Crippen LogP contribution in [-0.4, -0.2) is 23.1 Å². The summed E-state index contributed by atoms with van der Waals surface area (Å²) in [7, 11) is 0. The van der Waals surface area contributed by atoms with Crippen molar-refractivity contribution in [1.82, 2.24) is 15.3 Å². The summed E-state index contributed by atoms with van der Waals surface area (Å²) in [5.74, 6) is 0.854. The highest BCUT2D eigenvalue weighted by molar-refractivity contribution is 5.30. The molecule has 78 valence electrons. The van der Waals surface area contributed by atoms with E-state index in [0.29, 0.717) is 0 Å². The Morgan fingerprint density at radius 1 is 1.21 bits per heavy atom. The number of aromatic nitrogens is 2.